The summed E-state index contributed by atoms with van der Waals surface area (Å²) in [5.74, 6) is 0. The van der Waals surface area contributed by atoms with Crippen molar-refractivity contribution in [2.45, 2.75) is 54.0 Å². The molecule has 1 unspecified atom stereocenters. The summed E-state index contributed by atoms with van der Waals surface area (Å²) in [6.07, 6.45) is 0. The second kappa shape index (κ2) is 12.3. The minimum Gasteiger partial charge on any atom is -0.373 e. The average Bonchev–Trinajstić information content (AvgIpc) is 2.54. The zero-order valence-corrected chi connectivity index (χ0v) is 18.3. The van der Waals surface area contributed by atoms with Crippen LogP contribution in [-0.4, -0.2) is 62.6 Å². The van der Waals surface area contributed by atoms with Gasteiger partial charge in [0, 0.05) is 39.6 Å². The van der Waals surface area contributed by atoms with E-state index in [0.717, 1.165) is 0 Å². The van der Waals surface area contributed by atoms with Crippen molar-refractivity contribution in [1.82, 2.24) is 0 Å². The smallest absolute Gasteiger partial charge is 0.373 e. The third kappa shape index (κ3) is 5.99. The fourth-order valence-electron chi connectivity index (χ4n) is 2.47. The Bertz CT molecular complexity index is 325. The van der Waals surface area contributed by atoms with Crippen molar-refractivity contribution in [3.05, 3.63) is 0 Å². The number of rotatable bonds is 15. The van der Waals surface area contributed by atoms with Crippen LogP contribution in [0.4, 0.5) is 0 Å². The van der Waals surface area contributed by atoms with Gasteiger partial charge in [0.15, 0.2) is 0 Å². The van der Waals surface area contributed by atoms with E-state index in [-0.39, 0.29) is 5.33 Å². The molecular weight excluding hydrogens is 346 g/mol. The first-order chi connectivity index (χ1) is 11.4. The topological polar surface area (TPSA) is 79.2 Å². The fraction of sp³-hybridized carbons (Fsp3) is 0.933. The maximum atomic E-state index is 8.78. The highest BCUT2D eigenvalue weighted by atomic mass is 28.4. The average molecular weight is 382 g/mol. The van der Waals surface area contributed by atoms with Crippen LogP contribution in [0.2, 0.25) is 5.54 Å². The van der Waals surface area contributed by atoms with E-state index in [2.05, 4.69) is 0 Å². The van der Waals surface area contributed by atoms with E-state index in [4.69, 9.17) is 32.0 Å². The molecule has 0 aliphatic carbocycles. The van der Waals surface area contributed by atoms with Gasteiger partial charge in [0.05, 0.1) is 10.9 Å². The van der Waals surface area contributed by atoms with Gasteiger partial charge >= 0.3 is 17.6 Å². The van der Waals surface area contributed by atoms with Crippen molar-refractivity contribution < 1.29 is 26.6 Å². The molecule has 0 spiro atoms. The Balaban J connectivity index is 5.75. The normalized spacial score (nSPS) is 14.0. The van der Waals surface area contributed by atoms with E-state index < -0.39 is 23.2 Å². The Morgan fingerprint density at radius 3 is 1.21 bits per heavy atom. The van der Waals surface area contributed by atoms with Gasteiger partial charge in [0.1, 0.15) is 0 Å². The summed E-state index contributed by atoms with van der Waals surface area (Å²) in [7, 11) is -6.37. The Morgan fingerprint density at radius 1 is 0.667 bits per heavy atom. The molecule has 0 aromatic rings. The molecule has 0 rings (SSSR count). The largest absolute Gasteiger partial charge is 0.551 e. The fourth-order valence-corrected chi connectivity index (χ4v) is 8.48. The maximum Gasteiger partial charge on any atom is 0.551 e. The number of hydrogen-bond acceptors (Lipinski definition) is 7. The summed E-state index contributed by atoms with van der Waals surface area (Å²) < 4.78 is 35.3. The molecule has 0 saturated heterocycles. The van der Waals surface area contributed by atoms with Crippen molar-refractivity contribution in [3.63, 3.8) is 0 Å². The Kier molecular flexibility index (Phi) is 12.2. The number of nitrogens with one attached hydrogen (secondary N) is 1. The molecule has 0 aromatic heterocycles. The molecule has 0 bridgehead atoms. The second-order valence-electron chi connectivity index (χ2n) is 4.89. The molecule has 144 valence electrons. The zero-order valence-electron chi connectivity index (χ0n) is 16.3. The Hall–Kier alpha value is -0.136. The first-order valence-corrected chi connectivity index (χ1v) is 12.4. The van der Waals surface area contributed by atoms with Gasteiger partial charge in [-0.05, 0) is 41.5 Å². The maximum absolute atomic E-state index is 8.78. The molecule has 1 N–H and O–H groups in total. The lowest BCUT2D eigenvalue weighted by Crippen LogP contribution is -2.61. The van der Waals surface area contributed by atoms with Gasteiger partial charge in [-0.3, -0.25) is 0 Å². The summed E-state index contributed by atoms with van der Waals surface area (Å²) in [4.78, 5) is 0. The second-order valence-corrected chi connectivity index (χ2v) is 10.3. The van der Waals surface area contributed by atoms with Crippen LogP contribution in [0.3, 0.4) is 0 Å². The standard InChI is InChI=1S/C15H35NO6Si2/c1-8-17-23(18-9-2,19-10-3)14(7)15(16)24(20-11-4,21-12-5)22-13-6/h14,16H,8-13H2,1-7H3. The third-order valence-corrected chi connectivity index (χ3v) is 10.1. The zero-order chi connectivity index (χ0) is 18.6. The van der Waals surface area contributed by atoms with Crippen LogP contribution < -0.4 is 0 Å². The van der Waals surface area contributed by atoms with Gasteiger partial charge in [0.25, 0.3) is 0 Å². The highest BCUT2D eigenvalue weighted by Gasteiger charge is 2.58. The molecule has 7 nitrogen and oxygen atoms in total. The number of hydrogen-bond donors (Lipinski definition) is 1. The lowest BCUT2D eigenvalue weighted by atomic mass is 10.5. The summed E-state index contributed by atoms with van der Waals surface area (Å²) >= 11 is 0. The molecule has 0 fully saturated rings. The third-order valence-electron chi connectivity index (χ3n) is 3.33. The van der Waals surface area contributed by atoms with Gasteiger partial charge in [-0.1, -0.05) is 6.92 Å². The molecule has 0 aromatic carbocycles. The van der Waals surface area contributed by atoms with E-state index in [0.29, 0.717) is 39.6 Å². The van der Waals surface area contributed by atoms with Crippen LogP contribution in [0.25, 0.3) is 0 Å². The van der Waals surface area contributed by atoms with E-state index in [1.165, 1.54) is 0 Å². The van der Waals surface area contributed by atoms with Crippen LogP contribution >= 0.6 is 0 Å². The Morgan fingerprint density at radius 2 is 0.958 bits per heavy atom. The monoisotopic (exact) mass is 381 g/mol. The molecule has 0 amide bonds. The molecule has 0 heterocycles. The highest BCUT2D eigenvalue weighted by molar-refractivity contribution is 6.97. The van der Waals surface area contributed by atoms with Crippen molar-refractivity contribution in [3.8, 4) is 0 Å². The first-order valence-electron chi connectivity index (χ1n) is 8.85. The Labute approximate surface area is 149 Å². The molecular formula is C15H35NO6Si2. The highest BCUT2D eigenvalue weighted by Crippen LogP contribution is 2.31. The van der Waals surface area contributed by atoms with Crippen LogP contribution in [0.15, 0.2) is 0 Å². The van der Waals surface area contributed by atoms with Gasteiger partial charge in [-0.15, -0.1) is 0 Å². The molecule has 0 saturated carbocycles. The van der Waals surface area contributed by atoms with E-state index in [1.807, 2.05) is 48.5 Å². The predicted molar refractivity (Wildman–Crippen MR) is 98.4 cm³/mol. The minimum atomic E-state index is -3.28. The van der Waals surface area contributed by atoms with Crippen LogP contribution in [0.1, 0.15) is 48.5 Å². The molecule has 0 aliphatic heterocycles. The molecule has 0 radical (unpaired) electrons. The van der Waals surface area contributed by atoms with Crippen molar-refractivity contribution >= 4 is 22.9 Å². The SMILES string of the molecule is CCO[Si](OCC)(OCC)C(=N)C(C)[Si](OCC)(OCC)OCC. The lowest BCUT2D eigenvalue weighted by molar-refractivity contribution is 0.0650. The van der Waals surface area contributed by atoms with Gasteiger partial charge in [-0.2, -0.15) is 0 Å². The van der Waals surface area contributed by atoms with Gasteiger partial charge in [-0.25, -0.2) is 0 Å². The molecule has 1 atom stereocenters. The quantitative estimate of drug-likeness (QED) is 0.347. The molecule has 24 heavy (non-hydrogen) atoms. The van der Waals surface area contributed by atoms with E-state index >= 15 is 0 Å². The molecule has 9 heteroatoms. The summed E-state index contributed by atoms with van der Waals surface area (Å²) in [5.41, 5.74) is -0.409. The van der Waals surface area contributed by atoms with E-state index in [1.54, 1.807) is 0 Å². The van der Waals surface area contributed by atoms with Gasteiger partial charge in [0.2, 0.25) is 0 Å². The summed E-state index contributed by atoms with van der Waals surface area (Å²) in [6.45, 7) is 15.8. The first kappa shape index (κ1) is 23.9. The minimum absolute atomic E-state index is 0.259. The van der Waals surface area contributed by atoms with Crippen LogP contribution in [0, 0.1) is 5.41 Å². The van der Waals surface area contributed by atoms with Crippen molar-refractivity contribution in [1.29, 1.82) is 5.41 Å². The van der Waals surface area contributed by atoms with Crippen LogP contribution in [0.5, 0.6) is 0 Å². The van der Waals surface area contributed by atoms with Crippen molar-refractivity contribution in [2.75, 3.05) is 39.6 Å². The molecule has 0 aliphatic rings. The predicted octanol–water partition coefficient (Wildman–Crippen LogP) is 3.03. The van der Waals surface area contributed by atoms with Crippen molar-refractivity contribution in [2.24, 2.45) is 0 Å². The summed E-state index contributed by atoms with van der Waals surface area (Å²) in [6, 6.07) is 0. The van der Waals surface area contributed by atoms with Gasteiger partial charge < -0.3 is 32.0 Å². The lowest BCUT2D eigenvalue weighted by Gasteiger charge is -2.37. The summed E-state index contributed by atoms with van der Waals surface area (Å²) in [5, 5.41) is 9.04. The van der Waals surface area contributed by atoms with Crippen LogP contribution in [-0.2, 0) is 26.6 Å². The van der Waals surface area contributed by atoms with E-state index in [9.17, 15) is 0 Å².